The van der Waals surface area contributed by atoms with Crippen LogP contribution >= 0.6 is 0 Å². The second-order valence-electron chi connectivity index (χ2n) is 9.17. The highest BCUT2D eigenvalue weighted by atomic mass is 19.1. The van der Waals surface area contributed by atoms with Crippen molar-refractivity contribution in [3.63, 3.8) is 0 Å². The third kappa shape index (κ3) is 5.51. The van der Waals surface area contributed by atoms with E-state index in [4.69, 9.17) is 4.74 Å². The van der Waals surface area contributed by atoms with Gasteiger partial charge in [-0.2, -0.15) is 0 Å². The summed E-state index contributed by atoms with van der Waals surface area (Å²) in [5.74, 6) is -1.16. The molecule has 1 aliphatic heterocycles. The summed E-state index contributed by atoms with van der Waals surface area (Å²) in [6.07, 6.45) is 1.74. The Labute approximate surface area is 214 Å². The number of hydrogen-bond acceptors (Lipinski definition) is 5. The molecule has 2 amide bonds. The first-order chi connectivity index (χ1) is 18.0. The fourth-order valence-corrected chi connectivity index (χ4v) is 4.56. The van der Waals surface area contributed by atoms with Crippen LogP contribution in [-0.2, 0) is 20.9 Å². The van der Waals surface area contributed by atoms with Crippen molar-refractivity contribution in [3.8, 4) is 0 Å². The predicted octanol–water partition coefficient (Wildman–Crippen LogP) is 3.95. The number of para-hydroxylation sites is 1. The highest BCUT2D eigenvalue weighted by Crippen LogP contribution is 2.29. The Morgan fingerprint density at radius 1 is 1.11 bits per heavy atom. The van der Waals surface area contributed by atoms with Gasteiger partial charge in [0, 0.05) is 18.8 Å². The summed E-state index contributed by atoms with van der Waals surface area (Å²) in [5, 5.41) is 11.3. The zero-order valence-electron chi connectivity index (χ0n) is 20.5. The highest BCUT2D eigenvalue weighted by Gasteiger charge is 2.34. The van der Waals surface area contributed by atoms with E-state index in [9.17, 15) is 14.0 Å². The summed E-state index contributed by atoms with van der Waals surface area (Å²) in [6.45, 7) is 2.82. The van der Waals surface area contributed by atoms with Crippen molar-refractivity contribution < 1.29 is 18.7 Å². The Hall–Kier alpha value is -4.11. The van der Waals surface area contributed by atoms with Crippen molar-refractivity contribution in [1.82, 2.24) is 20.3 Å². The van der Waals surface area contributed by atoms with Gasteiger partial charge < -0.3 is 10.1 Å². The lowest BCUT2D eigenvalue weighted by Crippen LogP contribution is -2.46. The quantitative estimate of drug-likeness (QED) is 0.395. The smallest absolute Gasteiger partial charge is 0.249 e. The number of aromatic nitrogens is 3. The number of nitrogens with zero attached hydrogens (tertiary/aromatic N) is 4. The van der Waals surface area contributed by atoms with Gasteiger partial charge in [-0.1, -0.05) is 47.2 Å². The molecule has 8 nitrogen and oxygen atoms in total. The molecule has 0 radical (unpaired) electrons. The molecule has 0 saturated carbocycles. The van der Waals surface area contributed by atoms with Gasteiger partial charge in [0.25, 0.3) is 0 Å². The van der Waals surface area contributed by atoms with Crippen LogP contribution in [0.3, 0.4) is 0 Å². The first-order valence-corrected chi connectivity index (χ1v) is 12.3. The number of amides is 2. The van der Waals surface area contributed by atoms with E-state index >= 15 is 0 Å². The number of carbonyl (C=O) groups is 2. The third-order valence-electron chi connectivity index (χ3n) is 6.51. The molecule has 37 heavy (non-hydrogen) atoms. The van der Waals surface area contributed by atoms with Crippen LogP contribution < -0.4 is 10.2 Å². The first-order valence-electron chi connectivity index (χ1n) is 12.3. The maximum atomic E-state index is 13.9. The third-order valence-corrected chi connectivity index (χ3v) is 6.51. The molecule has 1 aromatic heterocycles. The Morgan fingerprint density at radius 3 is 2.59 bits per heavy atom. The molecular formula is C28H28FN5O3. The van der Waals surface area contributed by atoms with Crippen LogP contribution in [0.4, 0.5) is 10.1 Å². The molecule has 1 aliphatic rings. The average molecular weight is 502 g/mol. The minimum Gasteiger partial charge on any atom is -0.376 e. The summed E-state index contributed by atoms with van der Waals surface area (Å²) < 4.78 is 21.0. The number of anilines is 1. The SMILES string of the molecule is Cc1ccc(N(C(=O)Cn2nnc3ccccc32)[C@@H](C(=O)NC[C@@H]2CCCO2)c2ccc(F)cc2)cc1. The van der Waals surface area contributed by atoms with Crippen LogP contribution in [0.5, 0.6) is 0 Å². The van der Waals surface area contributed by atoms with Gasteiger partial charge in [0.1, 0.15) is 23.9 Å². The number of nitrogens with one attached hydrogen (secondary N) is 1. The second-order valence-corrected chi connectivity index (χ2v) is 9.17. The van der Waals surface area contributed by atoms with Crippen LogP contribution in [-0.4, -0.2) is 46.1 Å². The molecule has 0 bridgehead atoms. The van der Waals surface area contributed by atoms with Gasteiger partial charge in [-0.15, -0.1) is 5.10 Å². The molecule has 0 aliphatic carbocycles. The molecule has 2 heterocycles. The summed E-state index contributed by atoms with van der Waals surface area (Å²) >= 11 is 0. The molecular weight excluding hydrogens is 473 g/mol. The standard InChI is InChI=1S/C28H28FN5O3/c1-19-8-14-22(15-9-19)34(26(35)18-33-25-7-3-2-6-24(25)31-32-33)27(20-10-12-21(29)13-11-20)28(36)30-17-23-5-4-16-37-23/h2-3,6-15,23,27H,4-5,16-18H2,1H3,(H,30,36)/t23-,27+/m0/s1. The van der Waals surface area contributed by atoms with Crippen molar-refractivity contribution in [2.24, 2.45) is 0 Å². The van der Waals surface area contributed by atoms with E-state index < -0.39 is 11.9 Å². The van der Waals surface area contributed by atoms with Gasteiger partial charge in [-0.3, -0.25) is 14.5 Å². The van der Waals surface area contributed by atoms with Gasteiger partial charge in [-0.25, -0.2) is 9.07 Å². The fourth-order valence-electron chi connectivity index (χ4n) is 4.56. The fraction of sp³-hybridized carbons (Fsp3) is 0.286. The normalized spacial score (nSPS) is 16.0. The van der Waals surface area contributed by atoms with Crippen LogP contribution in [0, 0.1) is 12.7 Å². The summed E-state index contributed by atoms with van der Waals surface area (Å²) in [6, 6.07) is 19.3. The molecule has 4 aromatic rings. The Bertz CT molecular complexity index is 1380. The van der Waals surface area contributed by atoms with Gasteiger partial charge in [0.05, 0.1) is 11.6 Å². The molecule has 5 rings (SSSR count). The van der Waals surface area contributed by atoms with Crippen LogP contribution in [0.25, 0.3) is 11.0 Å². The lowest BCUT2D eigenvalue weighted by Gasteiger charge is -2.32. The molecule has 190 valence electrons. The lowest BCUT2D eigenvalue weighted by molar-refractivity contribution is -0.127. The van der Waals surface area contributed by atoms with E-state index in [1.54, 1.807) is 12.1 Å². The molecule has 3 aromatic carbocycles. The van der Waals surface area contributed by atoms with Gasteiger partial charge in [0.15, 0.2) is 0 Å². The largest absolute Gasteiger partial charge is 0.376 e. The molecule has 0 unspecified atom stereocenters. The summed E-state index contributed by atoms with van der Waals surface area (Å²) in [5.41, 5.74) is 3.42. The lowest BCUT2D eigenvalue weighted by atomic mass is 10.0. The number of hydrogen-bond donors (Lipinski definition) is 1. The highest BCUT2D eigenvalue weighted by molar-refractivity contribution is 6.01. The van der Waals surface area contributed by atoms with Crippen molar-refractivity contribution in [3.05, 3.63) is 89.7 Å². The monoisotopic (exact) mass is 501 g/mol. The number of fused-ring (bicyclic) bond motifs is 1. The zero-order chi connectivity index (χ0) is 25.8. The van der Waals surface area contributed by atoms with E-state index in [1.165, 1.54) is 33.8 Å². The number of benzene rings is 3. The molecule has 1 saturated heterocycles. The van der Waals surface area contributed by atoms with Gasteiger partial charge >= 0.3 is 0 Å². The van der Waals surface area contributed by atoms with Crippen molar-refractivity contribution in [2.75, 3.05) is 18.1 Å². The van der Waals surface area contributed by atoms with Crippen molar-refractivity contribution >= 4 is 28.5 Å². The minimum atomic E-state index is -1.04. The van der Waals surface area contributed by atoms with Gasteiger partial charge in [-0.05, 0) is 61.7 Å². The summed E-state index contributed by atoms with van der Waals surface area (Å²) in [4.78, 5) is 29.1. The molecule has 0 spiro atoms. The number of halogens is 1. The number of rotatable bonds is 8. The van der Waals surface area contributed by atoms with Crippen LogP contribution in [0.1, 0.15) is 30.0 Å². The van der Waals surface area contributed by atoms with E-state index in [-0.39, 0.29) is 24.5 Å². The summed E-state index contributed by atoms with van der Waals surface area (Å²) in [7, 11) is 0. The molecule has 9 heteroatoms. The molecule has 1 fully saturated rings. The number of ether oxygens (including phenoxy) is 1. The molecule has 1 N–H and O–H groups in total. The average Bonchev–Trinajstić information content (AvgIpc) is 3.58. The van der Waals surface area contributed by atoms with E-state index in [0.717, 1.165) is 18.4 Å². The number of carbonyl (C=O) groups excluding carboxylic acids is 2. The maximum Gasteiger partial charge on any atom is 0.249 e. The second kappa shape index (κ2) is 10.9. The van der Waals surface area contributed by atoms with Crippen molar-refractivity contribution in [1.29, 1.82) is 0 Å². The van der Waals surface area contributed by atoms with E-state index in [2.05, 4.69) is 15.6 Å². The van der Waals surface area contributed by atoms with E-state index in [0.29, 0.717) is 35.4 Å². The van der Waals surface area contributed by atoms with Crippen LogP contribution in [0.15, 0.2) is 72.8 Å². The first kappa shape index (κ1) is 24.6. The Morgan fingerprint density at radius 2 is 1.86 bits per heavy atom. The predicted molar refractivity (Wildman–Crippen MR) is 137 cm³/mol. The zero-order valence-corrected chi connectivity index (χ0v) is 20.5. The Balaban J connectivity index is 1.52. The molecule has 2 atom stereocenters. The topological polar surface area (TPSA) is 89.4 Å². The van der Waals surface area contributed by atoms with E-state index in [1.807, 2.05) is 43.3 Å². The number of aryl methyl sites for hydroxylation is 1. The maximum absolute atomic E-state index is 13.9. The van der Waals surface area contributed by atoms with Gasteiger partial charge in [0.2, 0.25) is 11.8 Å². The Kier molecular flexibility index (Phi) is 7.23. The minimum absolute atomic E-state index is 0.0668. The van der Waals surface area contributed by atoms with Crippen LogP contribution in [0.2, 0.25) is 0 Å². The van der Waals surface area contributed by atoms with Crippen molar-refractivity contribution in [2.45, 2.75) is 38.5 Å².